The average molecular weight is 429 g/mol. The van der Waals surface area contributed by atoms with Gasteiger partial charge in [-0.15, -0.1) is 10.2 Å². The first-order valence-corrected chi connectivity index (χ1v) is 11.1. The number of anilines is 2. The van der Waals surface area contributed by atoms with Crippen LogP contribution in [0.3, 0.4) is 0 Å². The van der Waals surface area contributed by atoms with E-state index in [-0.39, 0.29) is 17.9 Å². The topological polar surface area (TPSA) is 76.1 Å². The van der Waals surface area contributed by atoms with Crippen molar-refractivity contribution in [3.8, 4) is 5.75 Å². The van der Waals surface area contributed by atoms with Gasteiger partial charge in [-0.1, -0.05) is 67.3 Å². The highest BCUT2D eigenvalue weighted by atomic mass is 32.2. The molecule has 1 aromatic heterocycles. The number of para-hydroxylation sites is 1. The van der Waals surface area contributed by atoms with Crippen LogP contribution in [0.5, 0.6) is 5.75 Å². The number of carbonyl (C=O) groups is 1. The number of nitrogens with zero attached hydrogens (tertiary/aromatic N) is 2. The number of hydrogen-bond acceptors (Lipinski definition) is 7. The van der Waals surface area contributed by atoms with Gasteiger partial charge in [0.05, 0.1) is 18.9 Å². The molecule has 29 heavy (non-hydrogen) atoms. The lowest BCUT2D eigenvalue weighted by Crippen LogP contribution is -2.32. The van der Waals surface area contributed by atoms with Crippen molar-refractivity contribution in [3.05, 3.63) is 60.2 Å². The second kappa shape index (κ2) is 10.3. The molecule has 8 heteroatoms. The summed E-state index contributed by atoms with van der Waals surface area (Å²) in [6, 6.07) is 17.5. The molecule has 1 heterocycles. The Hall–Kier alpha value is -2.58. The molecule has 1 unspecified atom stereocenters. The molecule has 2 N–H and O–H groups in total. The molecule has 2 aromatic carbocycles. The molecule has 0 saturated heterocycles. The van der Waals surface area contributed by atoms with Crippen molar-refractivity contribution in [2.45, 2.75) is 24.2 Å². The molecule has 0 bridgehead atoms. The number of nitrogens with one attached hydrogen (secondary N) is 2. The summed E-state index contributed by atoms with van der Waals surface area (Å²) in [5.41, 5.74) is 2.02. The molecule has 0 aliphatic heterocycles. The van der Waals surface area contributed by atoms with Crippen LogP contribution < -0.4 is 15.4 Å². The zero-order chi connectivity index (χ0) is 20.6. The van der Waals surface area contributed by atoms with Crippen LogP contribution in [-0.4, -0.2) is 29.0 Å². The predicted octanol–water partition coefficient (Wildman–Crippen LogP) is 4.90. The maximum atomic E-state index is 12.5. The molecule has 0 radical (unpaired) electrons. The third kappa shape index (κ3) is 6.20. The van der Waals surface area contributed by atoms with Gasteiger partial charge in [0.2, 0.25) is 11.0 Å². The summed E-state index contributed by atoms with van der Waals surface area (Å²) in [5.74, 6) is 1.33. The Morgan fingerprint density at radius 2 is 1.83 bits per heavy atom. The predicted molar refractivity (Wildman–Crippen MR) is 119 cm³/mol. The molecule has 0 aliphatic rings. The van der Waals surface area contributed by atoms with Crippen LogP contribution in [0.2, 0.25) is 0 Å². The molecule has 6 nitrogen and oxygen atoms in total. The van der Waals surface area contributed by atoms with Crippen molar-refractivity contribution in [2.75, 3.05) is 18.2 Å². The van der Waals surface area contributed by atoms with E-state index in [9.17, 15) is 4.79 Å². The van der Waals surface area contributed by atoms with E-state index in [0.717, 1.165) is 21.3 Å². The van der Waals surface area contributed by atoms with Crippen LogP contribution in [0, 0.1) is 5.92 Å². The standard InChI is InChI=1S/C21H24N4O2S2/c1-14(2)19(15-9-11-17(27-3)12-10-15)23-18(26)13-28-21-25-24-20(29-21)22-16-7-5-4-6-8-16/h4-12,14,19H,13H2,1-3H3,(H,22,24)(H,23,26). The van der Waals surface area contributed by atoms with Crippen LogP contribution in [0.15, 0.2) is 58.9 Å². The van der Waals surface area contributed by atoms with Gasteiger partial charge in [-0.3, -0.25) is 4.79 Å². The van der Waals surface area contributed by atoms with Gasteiger partial charge in [-0.05, 0) is 35.7 Å². The number of carbonyl (C=O) groups excluding carboxylic acids is 1. The van der Waals surface area contributed by atoms with E-state index in [1.54, 1.807) is 7.11 Å². The normalized spacial score (nSPS) is 11.9. The summed E-state index contributed by atoms with van der Waals surface area (Å²) >= 11 is 2.82. The number of benzene rings is 2. The zero-order valence-electron chi connectivity index (χ0n) is 16.6. The lowest BCUT2D eigenvalue weighted by atomic mass is 9.96. The number of aromatic nitrogens is 2. The summed E-state index contributed by atoms with van der Waals surface area (Å²) in [6.07, 6.45) is 0. The molecule has 152 valence electrons. The molecule has 3 aromatic rings. The SMILES string of the molecule is COc1ccc(C(NC(=O)CSc2nnc(Nc3ccccc3)s2)C(C)C)cc1. The van der Waals surface area contributed by atoms with E-state index in [1.165, 1.54) is 23.1 Å². The number of methoxy groups -OCH3 is 1. The Balaban J connectivity index is 1.54. The van der Waals surface area contributed by atoms with E-state index < -0.39 is 0 Å². The maximum Gasteiger partial charge on any atom is 0.230 e. The Morgan fingerprint density at radius 1 is 1.10 bits per heavy atom. The third-order valence-corrected chi connectivity index (χ3v) is 6.19. The van der Waals surface area contributed by atoms with Crippen molar-refractivity contribution in [3.63, 3.8) is 0 Å². The Morgan fingerprint density at radius 3 is 2.48 bits per heavy atom. The summed E-state index contributed by atoms with van der Waals surface area (Å²) in [6.45, 7) is 4.18. The van der Waals surface area contributed by atoms with Gasteiger partial charge in [0.15, 0.2) is 4.34 Å². The molecule has 0 fully saturated rings. The first kappa shape index (κ1) is 21.1. The fraction of sp³-hybridized carbons (Fsp3) is 0.286. The largest absolute Gasteiger partial charge is 0.497 e. The van der Waals surface area contributed by atoms with E-state index in [4.69, 9.17) is 4.74 Å². The lowest BCUT2D eigenvalue weighted by Gasteiger charge is -2.23. The van der Waals surface area contributed by atoms with Gasteiger partial charge in [0.1, 0.15) is 5.75 Å². The first-order chi connectivity index (χ1) is 14.0. The van der Waals surface area contributed by atoms with E-state index in [2.05, 4.69) is 34.7 Å². The van der Waals surface area contributed by atoms with Gasteiger partial charge in [0.25, 0.3) is 0 Å². The highest BCUT2D eigenvalue weighted by Crippen LogP contribution is 2.28. The second-order valence-electron chi connectivity index (χ2n) is 6.72. The van der Waals surface area contributed by atoms with Crippen molar-refractivity contribution < 1.29 is 9.53 Å². The van der Waals surface area contributed by atoms with Crippen LogP contribution in [-0.2, 0) is 4.79 Å². The van der Waals surface area contributed by atoms with Gasteiger partial charge >= 0.3 is 0 Å². The van der Waals surface area contributed by atoms with Gasteiger partial charge in [-0.2, -0.15) is 0 Å². The molecule has 1 amide bonds. The molecular weight excluding hydrogens is 404 g/mol. The van der Waals surface area contributed by atoms with Crippen molar-refractivity contribution in [1.29, 1.82) is 0 Å². The molecule has 0 saturated carbocycles. The highest BCUT2D eigenvalue weighted by molar-refractivity contribution is 8.01. The minimum atomic E-state index is -0.0567. The number of thioether (sulfide) groups is 1. The van der Waals surface area contributed by atoms with Crippen LogP contribution in [0.4, 0.5) is 10.8 Å². The Labute approximate surface area is 179 Å². The first-order valence-electron chi connectivity index (χ1n) is 9.27. The highest BCUT2D eigenvalue weighted by Gasteiger charge is 2.19. The van der Waals surface area contributed by atoms with Crippen LogP contribution in [0.1, 0.15) is 25.5 Å². The zero-order valence-corrected chi connectivity index (χ0v) is 18.2. The molecule has 0 aliphatic carbocycles. The Bertz CT molecular complexity index is 914. The molecule has 3 rings (SSSR count). The summed E-state index contributed by atoms with van der Waals surface area (Å²) < 4.78 is 5.96. The second-order valence-corrected chi connectivity index (χ2v) is 8.92. The summed E-state index contributed by atoms with van der Waals surface area (Å²) in [4.78, 5) is 12.5. The van der Waals surface area contributed by atoms with Crippen LogP contribution >= 0.6 is 23.1 Å². The number of ether oxygens (including phenoxy) is 1. The van der Waals surface area contributed by atoms with Gasteiger partial charge in [-0.25, -0.2) is 0 Å². The van der Waals surface area contributed by atoms with Crippen molar-refractivity contribution in [2.24, 2.45) is 5.92 Å². The molecular formula is C21H24N4O2S2. The lowest BCUT2D eigenvalue weighted by molar-refractivity contribution is -0.119. The van der Waals surface area contributed by atoms with Gasteiger partial charge < -0.3 is 15.4 Å². The summed E-state index contributed by atoms with van der Waals surface area (Å²) in [5, 5.41) is 15.3. The minimum absolute atomic E-state index is 0.0303. The Kier molecular flexibility index (Phi) is 7.48. The van der Waals surface area contributed by atoms with Crippen LogP contribution in [0.25, 0.3) is 0 Å². The number of hydrogen-bond donors (Lipinski definition) is 2. The van der Waals surface area contributed by atoms with E-state index in [0.29, 0.717) is 10.9 Å². The summed E-state index contributed by atoms with van der Waals surface area (Å²) in [7, 11) is 1.64. The van der Waals surface area contributed by atoms with E-state index in [1.807, 2.05) is 54.6 Å². The quantitative estimate of drug-likeness (QED) is 0.472. The monoisotopic (exact) mass is 428 g/mol. The number of rotatable bonds is 9. The fourth-order valence-electron chi connectivity index (χ4n) is 2.75. The maximum absolute atomic E-state index is 12.5. The average Bonchev–Trinajstić information content (AvgIpc) is 3.18. The smallest absolute Gasteiger partial charge is 0.230 e. The third-order valence-electron chi connectivity index (χ3n) is 4.22. The van der Waals surface area contributed by atoms with E-state index >= 15 is 0 Å². The molecule has 1 atom stereocenters. The minimum Gasteiger partial charge on any atom is -0.497 e. The van der Waals surface area contributed by atoms with Gasteiger partial charge in [0, 0.05) is 5.69 Å². The van der Waals surface area contributed by atoms with Crippen molar-refractivity contribution >= 4 is 39.8 Å². The van der Waals surface area contributed by atoms with Crippen molar-refractivity contribution in [1.82, 2.24) is 15.5 Å². The number of amides is 1. The molecule has 0 spiro atoms. The fourth-order valence-corrected chi connectivity index (χ4v) is 4.34.